The first-order valence-electron chi connectivity index (χ1n) is 3.38. The van der Waals surface area contributed by atoms with Crippen LogP contribution in [0.4, 0.5) is 5.69 Å². The van der Waals surface area contributed by atoms with Crippen molar-refractivity contribution in [3.63, 3.8) is 0 Å². The predicted octanol–water partition coefficient (Wildman–Crippen LogP) is 0.917. The molecular weight excluding hydrogens is 154 g/mol. The van der Waals surface area contributed by atoms with Gasteiger partial charge in [-0.2, -0.15) is 0 Å². The number of anilines is 1. The molecule has 0 bridgehead atoms. The van der Waals surface area contributed by atoms with Crippen LogP contribution in [0.5, 0.6) is 5.75 Å². The SMILES string of the molecule is CC(=N)N.Nc1ccccc1O. The Morgan fingerprint density at radius 2 is 1.83 bits per heavy atom. The largest absolute Gasteiger partial charge is 0.506 e. The molecule has 0 aliphatic heterocycles. The standard InChI is InChI=1S/C6H7NO.C2H6N2/c7-5-3-1-2-4-6(5)8;1-2(3)4/h1-4,8H,7H2;1H3,(H3,3,4). The number of benzene rings is 1. The lowest BCUT2D eigenvalue weighted by molar-refractivity contribution is 0.478. The first kappa shape index (κ1) is 10.3. The highest BCUT2D eigenvalue weighted by Gasteiger charge is 1.87. The van der Waals surface area contributed by atoms with E-state index in [0.717, 1.165) is 0 Å². The van der Waals surface area contributed by atoms with Crippen LogP contribution in [0.1, 0.15) is 6.92 Å². The van der Waals surface area contributed by atoms with Gasteiger partial charge < -0.3 is 16.6 Å². The van der Waals surface area contributed by atoms with Gasteiger partial charge in [-0.15, -0.1) is 0 Å². The maximum Gasteiger partial charge on any atom is 0.138 e. The zero-order valence-electron chi connectivity index (χ0n) is 6.91. The summed E-state index contributed by atoms with van der Waals surface area (Å²) >= 11 is 0. The number of nitrogen functional groups attached to an aromatic ring is 1. The summed E-state index contributed by atoms with van der Waals surface area (Å²) in [6.07, 6.45) is 0. The highest BCUT2D eigenvalue weighted by atomic mass is 16.3. The number of nitrogens with one attached hydrogen (secondary N) is 1. The van der Waals surface area contributed by atoms with Gasteiger partial charge in [0.05, 0.1) is 11.5 Å². The maximum absolute atomic E-state index is 8.79. The van der Waals surface area contributed by atoms with Crippen molar-refractivity contribution in [2.45, 2.75) is 6.92 Å². The molecule has 0 heterocycles. The van der Waals surface area contributed by atoms with Gasteiger partial charge in [-0.25, -0.2) is 0 Å². The summed E-state index contributed by atoms with van der Waals surface area (Å²) in [7, 11) is 0. The molecule has 0 atom stereocenters. The normalized spacial score (nSPS) is 8.08. The summed E-state index contributed by atoms with van der Waals surface area (Å²) in [6, 6.07) is 6.70. The average Bonchev–Trinajstić information content (AvgIpc) is 1.94. The fourth-order valence-electron chi connectivity index (χ4n) is 0.488. The molecule has 4 heteroatoms. The predicted molar refractivity (Wildman–Crippen MR) is 50.1 cm³/mol. The lowest BCUT2D eigenvalue weighted by Gasteiger charge is -1.92. The number of para-hydroxylation sites is 2. The molecule has 1 aromatic carbocycles. The van der Waals surface area contributed by atoms with Crippen LogP contribution < -0.4 is 11.5 Å². The maximum atomic E-state index is 8.79. The highest BCUT2D eigenvalue weighted by molar-refractivity contribution is 5.73. The number of aromatic hydroxyl groups is 1. The summed E-state index contributed by atoms with van der Waals surface area (Å²) in [5, 5.41) is 15.1. The summed E-state index contributed by atoms with van der Waals surface area (Å²) in [4.78, 5) is 0. The van der Waals surface area contributed by atoms with Gasteiger partial charge in [0.2, 0.25) is 0 Å². The number of rotatable bonds is 0. The molecule has 0 saturated carbocycles. The molecule has 0 unspecified atom stereocenters. The van der Waals surface area contributed by atoms with Crippen LogP contribution in [0.2, 0.25) is 0 Å². The van der Waals surface area contributed by atoms with E-state index in [2.05, 4.69) is 0 Å². The Kier molecular flexibility index (Phi) is 4.30. The quantitative estimate of drug-likeness (QED) is 0.200. The molecule has 1 aromatic rings. The number of nitrogens with two attached hydrogens (primary N) is 2. The van der Waals surface area contributed by atoms with Crippen molar-refractivity contribution in [1.29, 1.82) is 5.41 Å². The van der Waals surface area contributed by atoms with E-state index in [1.165, 1.54) is 6.92 Å². The molecule has 6 N–H and O–H groups in total. The summed E-state index contributed by atoms with van der Waals surface area (Å²) < 4.78 is 0. The first-order valence-corrected chi connectivity index (χ1v) is 3.38. The molecule has 12 heavy (non-hydrogen) atoms. The third kappa shape index (κ3) is 5.10. The second-order valence-electron chi connectivity index (χ2n) is 2.24. The molecule has 0 aliphatic carbocycles. The minimum absolute atomic E-state index is 0.146. The van der Waals surface area contributed by atoms with E-state index in [-0.39, 0.29) is 11.6 Å². The lowest BCUT2D eigenvalue weighted by atomic mass is 10.3. The Balaban J connectivity index is 0.000000261. The first-order chi connectivity index (χ1) is 5.54. The fourth-order valence-corrected chi connectivity index (χ4v) is 0.488. The van der Waals surface area contributed by atoms with Crippen molar-refractivity contribution in [1.82, 2.24) is 0 Å². The van der Waals surface area contributed by atoms with E-state index in [0.29, 0.717) is 5.69 Å². The van der Waals surface area contributed by atoms with Crippen LogP contribution in [-0.4, -0.2) is 10.9 Å². The second kappa shape index (κ2) is 5.01. The highest BCUT2D eigenvalue weighted by Crippen LogP contribution is 2.16. The van der Waals surface area contributed by atoms with Gasteiger partial charge in [-0.3, -0.25) is 5.41 Å². The smallest absolute Gasteiger partial charge is 0.138 e. The topological polar surface area (TPSA) is 96.1 Å². The Bertz CT molecular complexity index is 235. The van der Waals surface area contributed by atoms with Gasteiger partial charge in [0.1, 0.15) is 5.75 Å². The van der Waals surface area contributed by atoms with Crippen LogP contribution in [0.15, 0.2) is 24.3 Å². The van der Waals surface area contributed by atoms with E-state index in [9.17, 15) is 0 Å². The zero-order valence-corrected chi connectivity index (χ0v) is 6.91. The zero-order chi connectivity index (χ0) is 9.56. The third-order valence-electron chi connectivity index (χ3n) is 0.937. The molecular formula is C8H13N3O. The van der Waals surface area contributed by atoms with Crippen molar-refractivity contribution in [2.24, 2.45) is 5.73 Å². The van der Waals surface area contributed by atoms with Gasteiger partial charge in [0.15, 0.2) is 0 Å². The van der Waals surface area contributed by atoms with Crippen LogP contribution in [0.25, 0.3) is 0 Å². The monoisotopic (exact) mass is 167 g/mol. The summed E-state index contributed by atoms with van der Waals surface area (Å²) in [6.45, 7) is 1.53. The molecule has 0 saturated heterocycles. The van der Waals surface area contributed by atoms with Crippen molar-refractivity contribution < 1.29 is 5.11 Å². The molecule has 0 aliphatic rings. The van der Waals surface area contributed by atoms with Crippen molar-refractivity contribution in [3.8, 4) is 5.75 Å². The van der Waals surface area contributed by atoms with Crippen molar-refractivity contribution >= 4 is 11.5 Å². The molecule has 0 spiro atoms. The Morgan fingerprint density at radius 1 is 1.42 bits per heavy atom. The lowest BCUT2D eigenvalue weighted by Crippen LogP contribution is -2.00. The number of phenols is 1. The third-order valence-corrected chi connectivity index (χ3v) is 0.937. The summed E-state index contributed by atoms with van der Waals surface area (Å²) in [5.74, 6) is 0.313. The van der Waals surface area contributed by atoms with Crippen molar-refractivity contribution in [2.75, 3.05) is 5.73 Å². The van der Waals surface area contributed by atoms with Gasteiger partial charge in [-0.05, 0) is 19.1 Å². The molecule has 0 aromatic heterocycles. The van der Waals surface area contributed by atoms with Gasteiger partial charge in [0.25, 0.3) is 0 Å². The minimum atomic E-state index is 0.146. The Hall–Kier alpha value is -1.71. The molecule has 0 radical (unpaired) electrons. The van der Waals surface area contributed by atoms with E-state index < -0.39 is 0 Å². The average molecular weight is 167 g/mol. The molecule has 0 amide bonds. The van der Waals surface area contributed by atoms with Gasteiger partial charge in [0, 0.05) is 0 Å². The Morgan fingerprint density at radius 3 is 2.08 bits per heavy atom. The van der Waals surface area contributed by atoms with Crippen LogP contribution in [0.3, 0.4) is 0 Å². The van der Waals surface area contributed by atoms with E-state index in [1.807, 2.05) is 0 Å². The fraction of sp³-hybridized carbons (Fsp3) is 0.125. The molecule has 0 fully saturated rings. The number of phenolic OH excluding ortho intramolecular Hbond substituents is 1. The Labute approximate surface area is 71.3 Å². The number of hydrogen-bond acceptors (Lipinski definition) is 3. The molecule has 66 valence electrons. The van der Waals surface area contributed by atoms with E-state index >= 15 is 0 Å². The molecule has 1 rings (SSSR count). The van der Waals surface area contributed by atoms with Crippen LogP contribution in [0, 0.1) is 5.41 Å². The van der Waals surface area contributed by atoms with Crippen LogP contribution >= 0.6 is 0 Å². The van der Waals surface area contributed by atoms with Crippen LogP contribution in [-0.2, 0) is 0 Å². The molecule has 4 nitrogen and oxygen atoms in total. The summed E-state index contributed by atoms with van der Waals surface area (Å²) in [5.41, 5.74) is 10.4. The number of hydrogen-bond donors (Lipinski definition) is 4. The van der Waals surface area contributed by atoms with Gasteiger partial charge in [-0.1, -0.05) is 12.1 Å². The second-order valence-corrected chi connectivity index (χ2v) is 2.24. The van der Waals surface area contributed by atoms with E-state index in [4.69, 9.17) is 22.0 Å². The van der Waals surface area contributed by atoms with E-state index in [1.54, 1.807) is 24.3 Å². The van der Waals surface area contributed by atoms with Gasteiger partial charge >= 0.3 is 0 Å². The van der Waals surface area contributed by atoms with Crippen molar-refractivity contribution in [3.05, 3.63) is 24.3 Å². The minimum Gasteiger partial charge on any atom is -0.506 e. The number of amidine groups is 1.